The van der Waals surface area contributed by atoms with Crippen LogP contribution in [-0.4, -0.2) is 41.6 Å². The van der Waals surface area contributed by atoms with Crippen molar-refractivity contribution < 1.29 is 0 Å². The van der Waals surface area contributed by atoms with Crippen molar-refractivity contribution in [2.24, 2.45) is 17.1 Å². The van der Waals surface area contributed by atoms with E-state index in [9.17, 15) is 0 Å². The number of thioether (sulfide) groups is 1. The fourth-order valence-corrected chi connectivity index (χ4v) is 4.59. The number of likely N-dealkylation sites (tertiary alicyclic amines) is 1. The minimum atomic E-state index is 0.322. The molecule has 0 aromatic rings. The lowest BCUT2D eigenvalue weighted by Gasteiger charge is -2.44. The van der Waals surface area contributed by atoms with Gasteiger partial charge in [-0.15, -0.1) is 0 Å². The van der Waals surface area contributed by atoms with Crippen LogP contribution in [0.5, 0.6) is 0 Å². The second-order valence-corrected chi connectivity index (χ2v) is 7.99. The van der Waals surface area contributed by atoms with Gasteiger partial charge in [0.15, 0.2) is 0 Å². The fraction of sp³-hybridized carbons (Fsp3) is 1.00. The quantitative estimate of drug-likeness (QED) is 0.823. The molecule has 17 heavy (non-hydrogen) atoms. The van der Waals surface area contributed by atoms with Gasteiger partial charge < -0.3 is 5.73 Å². The van der Waals surface area contributed by atoms with Gasteiger partial charge in [0, 0.05) is 24.4 Å². The van der Waals surface area contributed by atoms with Crippen LogP contribution in [0.4, 0.5) is 0 Å². The summed E-state index contributed by atoms with van der Waals surface area (Å²) in [7, 11) is 0. The van der Waals surface area contributed by atoms with Gasteiger partial charge in [-0.3, -0.25) is 4.90 Å². The van der Waals surface area contributed by atoms with Crippen LogP contribution < -0.4 is 5.73 Å². The minimum absolute atomic E-state index is 0.322. The van der Waals surface area contributed by atoms with E-state index >= 15 is 0 Å². The topological polar surface area (TPSA) is 29.3 Å². The van der Waals surface area contributed by atoms with Crippen LogP contribution in [0.1, 0.15) is 40.0 Å². The molecule has 2 aliphatic heterocycles. The third kappa shape index (κ3) is 2.82. The van der Waals surface area contributed by atoms with Gasteiger partial charge in [-0.05, 0) is 42.9 Å². The monoisotopic (exact) mass is 256 g/mol. The summed E-state index contributed by atoms with van der Waals surface area (Å²) >= 11 is 2.10. The predicted molar refractivity (Wildman–Crippen MR) is 77.5 cm³/mol. The van der Waals surface area contributed by atoms with Crippen LogP contribution >= 0.6 is 11.8 Å². The fourth-order valence-electron chi connectivity index (χ4n) is 3.28. The zero-order chi connectivity index (χ0) is 12.5. The number of rotatable bonds is 2. The van der Waals surface area contributed by atoms with Crippen molar-refractivity contribution in [3.63, 3.8) is 0 Å². The third-order valence-corrected chi connectivity index (χ3v) is 6.08. The summed E-state index contributed by atoms with van der Waals surface area (Å²) in [6, 6.07) is 0. The summed E-state index contributed by atoms with van der Waals surface area (Å²) < 4.78 is 0. The molecule has 2 atom stereocenters. The molecule has 2 fully saturated rings. The Morgan fingerprint density at radius 1 is 1.41 bits per heavy atom. The zero-order valence-electron chi connectivity index (χ0n) is 11.7. The van der Waals surface area contributed by atoms with E-state index in [1.807, 2.05) is 0 Å². The lowest BCUT2D eigenvalue weighted by atomic mass is 9.80. The Morgan fingerprint density at radius 3 is 2.65 bits per heavy atom. The van der Waals surface area contributed by atoms with Gasteiger partial charge in [-0.1, -0.05) is 20.8 Å². The molecule has 0 bridgehead atoms. The van der Waals surface area contributed by atoms with Gasteiger partial charge >= 0.3 is 0 Å². The zero-order valence-corrected chi connectivity index (χ0v) is 12.5. The van der Waals surface area contributed by atoms with Gasteiger partial charge in [0.1, 0.15) is 0 Å². The summed E-state index contributed by atoms with van der Waals surface area (Å²) in [4.78, 5) is 2.72. The Labute approximate surface area is 111 Å². The first-order valence-electron chi connectivity index (χ1n) is 7.01. The van der Waals surface area contributed by atoms with Gasteiger partial charge in [-0.25, -0.2) is 0 Å². The molecule has 100 valence electrons. The average Bonchev–Trinajstić information content (AvgIpc) is 2.79. The molecule has 3 heteroatoms. The summed E-state index contributed by atoms with van der Waals surface area (Å²) in [5.74, 6) is 3.43. The molecular weight excluding hydrogens is 228 g/mol. The van der Waals surface area contributed by atoms with E-state index in [0.717, 1.165) is 12.5 Å². The molecular formula is C14H28N2S. The SMILES string of the molecule is CC(C)(C)C1CCN(C2(CN)CCCSC2)C1. The van der Waals surface area contributed by atoms with E-state index < -0.39 is 0 Å². The predicted octanol–water partition coefficient (Wildman–Crippen LogP) is 2.58. The number of hydrogen-bond donors (Lipinski definition) is 1. The molecule has 0 aliphatic carbocycles. The lowest BCUT2D eigenvalue weighted by molar-refractivity contribution is 0.115. The van der Waals surface area contributed by atoms with E-state index in [2.05, 4.69) is 37.4 Å². The van der Waals surface area contributed by atoms with Gasteiger partial charge in [0.05, 0.1) is 0 Å². The lowest BCUT2D eigenvalue weighted by Crippen LogP contribution is -2.56. The smallest absolute Gasteiger partial charge is 0.0422 e. The molecule has 0 aromatic heterocycles. The molecule has 2 heterocycles. The van der Waals surface area contributed by atoms with Crippen LogP contribution in [0.2, 0.25) is 0 Å². The summed E-state index contributed by atoms with van der Waals surface area (Å²) in [6.07, 6.45) is 4.02. The summed E-state index contributed by atoms with van der Waals surface area (Å²) in [5, 5.41) is 0. The molecule has 0 radical (unpaired) electrons. The highest BCUT2D eigenvalue weighted by Crippen LogP contribution is 2.40. The first-order chi connectivity index (χ1) is 7.98. The van der Waals surface area contributed by atoms with Crippen LogP contribution in [0.15, 0.2) is 0 Å². The van der Waals surface area contributed by atoms with Crippen LogP contribution in [0, 0.1) is 11.3 Å². The van der Waals surface area contributed by atoms with Gasteiger partial charge in [0.2, 0.25) is 0 Å². The Bertz CT molecular complexity index is 253. The Morgan fingerprint density at radius 2 is 2.18 bits per heavy atom. The van der Waals surface area contributed by atoms with Gasteiger partial charge in [0.25, 0.3) is 0 Å². The minimum Gasteiger partial charge on any atom is -0.329 e. The van der Waals surface area contributed by atoms with E-state index in [0.29, 0.717) is 11.0 Å². The number of nitrogens with zero attached hydrogens (tertiary/aromatic N) is 1. The van der Waals surface area contributed by atoms with Crippen molar-refractivity contribution in [3.05, 3.63) is 0 Å². The van der Waals surface area contributed by atoms with E-state index in [1.165, 1.54) is 43.9 Å². The second-order valence-electron chi connectivity index (χ2n) is 6.88. The standard InChI is InChI=1S/C14H28N2S/c1-13(2,3)12-5-7-16(9-12)14(10-15)6-4-8-17-11-14/h12H,4-11,15H2,1-3H3. The molecule has 0 spiro atoms. The Hall–Kier alpha value is 0.270. The van der Waals surface area contributed by atoms with Crippen molar-refractivity contribution in [3.8, 4) is 0 Å². The maximum absolute atomic E-state index is 6.12. The van der Waals surface area contributed by atoms with Gasteiger partial charge in [-0.2, -0.15) is 11.8 Å². The average molecular weight is 256 g/mol. The van der Waals surface area contributed by atoms with Crippen molar-refractivity contribution in [1.82, 2.24) is 4.90 Å². The van der Waals surface area contributed by atoms with Crippen molar-refractivity contribution in [2.45, 2.75) is 45.6 Å². The molecule has 2 nitrogen and oxygen atoms in total. The first-order valence-corrected chi connectivity index (χ1v) is 8.16. The maximum Gasteiger partial charge on any atom is 0.0422 e. The highest BCUT2D eigenvalue weighted by molar-refractivity contribution is 7.99. The molecule has 2 rings (SSSR count). The van der Waals surface area contributed by atoms with Crippen LogP contribution in [-0.2, 0) is 0 Å². The van der Waals surface area contributed by atoms with E-state index in [4.69, 9.17) is 5.73 Å². The van der Waals surface area contributed by atoms with Crippen LogP contribution in [0.25, 0.3) is 0 Å². The Kier molecular flexibility index (Phi) is 4.11. The Balaban J connectivity index is 2.03. The molecule has 0 aromatic carbocycles. The second kappa shape index (κ2) is 5.10. The molecule has 0 saturated carbocycles. The van der Waals surface area contributed by atoms with Crippen molar-refractivity contribution in [1.29, 1.82) is 0 Å². The third-order valence-electron chi connectivity index (χ3n) is 4.77. The molecule has 2 aliphatic rings. The first kappa shape index (κ1) is 13.7. The highest BCUT2D eigenvalue weighted by Gasteiger charge is 2.42. The summed E-state index contributed by atoms with van der Waals surface area (Å²) in [5.41, 5.74) is 6.89. The molecule has 2 N–H and O–H groups in total. The van der Waals surface area contributed by atoms with Crippen molar-refractivity contribution in [2.75, 3.05) is 31.1 Å². The van der Waals surface area contributed by atoms with E-state index in [-0.39, 0.29) is 0 Å². The molecule has 2 unspecified atom stereocenters. The number of nitrogens with two attached hydrogens (primary N) is 1. The van der Waals surface area contributed by atoms with Crippen molar-refractivity contribution >= 4 is 11.8 Å². The maximum atomic E-state index is 6.12. The summed E-state index contributed by atoms with van der Waals surface area (Å²) in [6.45, 7) is 10.5. The normalized spacial score (nSPS) is 36.4. The molecule has 0 amide bonds. The van der Waals surface area contributed by atoms with Crippen LogP contribution in [0.3, 0.4) is 0 Å². The molecule has 2 saturated heterocycles. The largest absolute Gasteiger partial charge is 0.329 e. The number of hydrogen-bond acceptors (Lipinski definition) is 3. The van der Waals surface area contributed by atoms with E-state index in [1.54, 1.807) is 0 Å². The highest BCUT2D eigenvalue weighted by atomic mass is 32.2.